The minimum atomic E-state index is 0.645. The van der Waals surface area contributed by atoms with Crippen LogP contribution in [0.5, 0.6) is 0 Å². The molecule has 0 saturated heterocycles. The molecular formula is C12H19NS. The molecular weight excluding hydrogens is 190 g/mol. The highest BCUT2D eigenvalue weighted by molar-refractivity contribution is 7.99. The Morgan fingerprint density at radius 1 is 1.29 bits per heavy atom. The molecule has 1 rings (SSSR count). The average Bonchev–Trinajstić information content (AvgIpc) is 2.25. The Morgan fingerprint density at radius 3 is 2.64 bits per heavy atom. The Balaban J connectivity index is 2.10. The number of rotatable bonds is 6. The van der Waals surface area contributed by atoms with Crippen LogP contribution in [0.4, 0.5) is 0 Å². The molecule has 1 atom stereocenters. The predicted molar refractivity (Wildman–Crippen MR) is 64.9 cm³/mol. The van der Waals surface area contributed by atoms with Gasteiger partial charge in [0.05, 0.1) is 0 Å². The van der Waals surface area contributed by atoms with E-state index in [2.05, 4.69) is 49.5 Å². The van der Waals surface area contributed by atoms with Crippen LogP contribution in [0, 0.1) is 0 Å². The molecule has 1 N–H and O–H groups in total. The van der Waals surface area contributed by atoms with E-state index in [9.17, 15) is 0 Å². The van der Waals surface area contributed by atoms with Gasteiger partial charge in [0, 0.05) is 23.2 Å². The van der Waals surface area contributed by atoms with Crippen LogP contribution >= 0.6 is 11.8 Å². The zero-order valence-electron chi connectivity index (χ0n) is 8.99. The number of hydrogen-bond acceptors (Lipinski definition) is 2. The van der Waals surface area contributed by atoms with Crippen molar-refractivity contribution >= 4 is 11.8 Å². The van der Waals surface area contributed by atoms with Crippen LogP contribution in [0.3, 0.4) is 0 Å². The van der Waals surface area contributed by atoms with Crippen LogP contribution in [0.15, 0.2) is 35.2 Å². The fraction of sp³-hybridized carbons (Fsp3) is 0.500. The van der Waals surface area contributed by atoms with E-state index in [1.165, 1.54) is 11.3 Å². The first kappa shape index (κ1) is 11.6. The van der Waals surface area contributed by atoms with Crippen molar-refractivity contribution in [1.82, 2.24) is 5.32 Å². The van der Waals surface area contributed by atoms with Crippen LogP contribution in [0.25, 0.3) is 0 Å². The molecule has 0 spiro atoms. The van der Waals surface area contributed by atoms with Gasteiger partial charge in [-0.15, -0.1) is 11.8 Å². The number of benzene rings is 1. The Labute approximate surface area is 91.3 Å². The third kappa shape index (κ3) is 4.68. The quantitative estimate of drug-likeness (QED) is 0.570. The van der Waals surface area contributed by atoms with Crippen LogP contribution < -0.4 is 5.32 Å². The zero-order chi connectivity index (χ0) is 10.2. The molecule has 0 aromatic heterocycles. The molecule has 0 aliphatic heterocycles. The highest BCUT2D eigenvalue weighted by Crippen LogP contribution is 2.15. The molecule has 78 valence electrons. The highest BCUT2D eigenvalue weighted by atomic mass is 32.2. The van der Waals surface area contributed by atoms with Crippen molar-refractivity contribution < 1.29 is 0 Å². The number of nitrogens with one attached hydrogen (secondary N) is 1. The van der Waals surface area contributed by atoms with E-state index in [0.717, 1.165) is 12.3 Å². The fourth-order valence-corrected chi connectivity index (χ4v) is 1.94. The van der Waals surface area contributed by atoms with E-state index >= 15 is 0 Å². The van der Waals surface area contributed by atoms with Gasteiger partial charge in [-0.3, -0.25) is 0 Å². The predicted octanol–water partition coefficient (Wildman–Crippen LogP) is 3.17. The standard InChI is InChI=1S/C12H19NS/c1-3-11(2)13-9-10-14-12-7-5-4-6-8-12/h4-8,11,13H,3,9-10H2,1-2H3. The summed E-state index contributed by atoms with van der Waals surface area (Å²) in [6, 6.07) is 11.2. The molecule has 1 unspecified atom stereocenters. The van der Waals surface area contributed by atoms with Gasteiger partial charge in [0.25, 0.3) is 0 Å². The van der Waals surface area contributed by atoms with Gasteiger partial charge in [-0.25, -0.2) is 0 Å². The van der Waals surface area contributed by atoms with Gasteiger partial charge in [0.1, 0.15) is 0 Å². The van der Waals surface area contributed by atoms with E-state index < -0.39 is 0 Å². The fourth-order valence-electron chi connectivity index (χ4n) is 1.14. The summed E-state index contributed by atoms with van der Waals surface area (Å²) >= 11 is 1.91. The lowest BCUT2D eigenvalue weighted by atomic mass is 10.3. The lowest BCUT2D eigenvalue weighted by Gasteiger charge is -2.10. The largest absolute Gasteiger partial charge is 0.313 e. The molecule has 0 saturated carbocycles. The van der Waals surface area contributed by atoms with Crippen molar-refractivity contribution in [1.29, 1.82) is 0 Å². The van der Waals surface area contributed by atoms with Crippen molar-refractivity contribution in [2.75, 3.05) is 12.3 Å². The maximum Gasteiger partial charge on any atom is 0.0106 e. The summed E-state index contributed by atoms with van der Waals surface area (Å²) in [6.07, 6.45) is 1.20. The van der Waals surface area contributed by atoms with Gasteiger partial charge in [0.2, 0.25) is 0 Å². The smallest absolute Gasteiger partial charge is 0.0106 e. The minimum Gasteiger partial charge on any atom is -0.313 e. The normalized spacial score (nSPS) is 12.7. The zero-order valence-corrected chi connectivity index (χ0v) is 9.81. The molecule has 0 heterocycles. The van der Waals surface area contributed by atoms with Crippen molar-refractivity contribution in [3.8, 4) is 0 Å². The average molecular weight is 209 g/mol. The second-order valence-corrected chi connectivity index (χ2v) is 4.59. The third-order valence-electron chi connectivity index (χ3n) is 2.22. The highest BCUT2D eigenvalue weighted by Gasteiger charge is 1.96. The summed E-state index contributed by atoms with van der Waals surface area (Å²) in [5, 5.41) is 3.48. The molecule has 2 heteroatoms. The summed E-state index contributed by atoms with van der Waals surface area (Å²) in [7, 11) is 0. The molecule has 0 fully saturated rings. The molecule has 0 aliphatic carbocycles. The summed E-state index contributed by atoms with van der Waals surface area (Å²) in [5.74, 6) is 1.15. The Hall–Kier alpha value is -0.470. The summed E-state index contributed by atoms with van der Waals surface area (Å²) in [4.78, 5) is 1.36. The van der Waals surface area contributed by atoms with Gasteiger partial charge in [-0.2, -0.15) is 0 Å². The maximum absolute atomic E-state index is 3.48. The first-order valence-electron chi connectivity index (χ1n) is 5.24. The van der Waals surface area contributed by atoms with Gasteiger partial charge >= 0.3 is 0 Å². The first-order chi connectivity index (χ1) is 6.83. The van der Waals surface area contributed by atoms with Gasteiger partial charge in [-0.1, -0.05) is 25.1 Å². The number of thioether (sulfide) groups is 1. The van der Waals surface area contributed by atoms with E-state index in [-0.39, 0.29) is 0 Å². The van der Waals surface area contributed by atoms with Crippen molar-refractivity contribution in [3.63, 3.8) is 0 Å². The topological polar surface area (TPSA) is 12.0 Å². The molecule has 0 bridgehead atoms. The lowest BCUT2D eigenvalue weighted by molar-refractivity contribution is 0.555. The van der Waals surface area contributed by atoms with Crippen molar-refractivity contribution in [3.05, 3.63) is 30.3 Å². The molecule has 14 heavy (non-hydrogen) atoms. The third-order valence-corrected chi connectivity index (χ3v) is 3.23. The summed E-state index contributed by atoms with van der Waals surface area (Å²) in [6.45, 7) is 5.53. The Morgan fingerprint density at radius 2 is 2.00 bits per heavy atom. The summed E-state index contributed by atoms with van der Waals surface area (Å²) < 4.78 is 0. The second-order valence-electron chi connectivity index (χ2n) is 3.42. The molecule has 1 aromatic rings. The van der Waals surface area contributed by atoms with E-state index in [1.807, 2.05) is 11.8 Å². The van der Waals surface area contributed by atoms with E-state index in [0.29, 0.717) is 6.04 Å². The molecule has 0 radical (unpaired) electrons. The van der Waals surface area contributed by atoms with Crippen LogP contribution in [-0.2, 0) is 0 Å². The van der Waals surface area contributed by atoms with Crippen LogP contribution in [-0.4, -0.2) is 18.3 Å². The minimum absolute atomic E-state index is 0.645. The first-order valence-corrected chi connectivity index (χ1v) is 6.22. The second kappa shape index (κ2) is 6.91. The maximum atomic E-state index is 3.48. The van der Waals surface area contributed by atoms with Crippen molar-refractivity contribution in [2.24, 2.45) is 0 Å². The van der Waals surface area contributed by atoms with E-state index in [1.54, 1.807) is 0 Å². The van der Waals surface area contributed by atoms with Crippen LogP contribution in [0.1, 0.15) is 20.3 Å². The Kier molecular flexibility index (Phi) is 5.72. The van der Waals surface area contributed by atoms with Gasteiger partial charge in [-0.05, 0) is 25.5 Å². The molecule has 1 nitrogen and oxygen atoms in total. The molecule has 0 amide bonds. The van der Waals surface area contributed by atoms with E-state index in [4.69, 9.17) is 0 Å². The van der Waals surface area contributed by atoms with Crippen LogP contribution in [0.2, 0.25) is 0 Å². The monoisotopic (exact) mass is 209 g/mol. The SMILES string of the molecule is CCC(C)NCCSc1ccccc1. The van der Waals surface area contributed by atoms with Crippen molar-refractivity contribution in [2.45, 2.75) is 31.2 Å². The molecule has 0 aliphatic rings. The molecule has 1 aromatic carbocycles. The number of hydrogen-bond donors (Lipinski definition) is 1. The van der Waals surface area contributed by atoms with Gasteiger partial charge in [0.15, 0.2) is 0 Å². The Bertz CT molecular complexity index is 235. The lowest BCUT2D eigenvalue weighted by Crippen LogP contribution is -2.27. The van der Waals surface area contributed by atoms with Gasteiger partial charge < -0.3 is 5.32 Å². The summed E-state index contributed by atoms with van der Waals surface area (Å²) in [5.41, 5.74) is 0.